The van der Waals surface area contributed by atoms with Gasteiger partial charge in [-0.15, -0.1) is 0 Å². The lowest BCUT2D eigenvalue weighted by atomic mass is 9.98. The SMILES string of the molecule is CC(=O)N/C=C(\C=N)c1ccc(C[C@@H](C#N)NC(=O)[C@H]2N[C@@H]3CC[C@H]2C3)c(F)c1. The van der Waals surface area contributed by atoms with Gasteiger partial charge in [0.05, 0.1) is 12.1 Å². The lowest BCUT2D eigenvalue weighted by Crippen LogP contribution is -2.50. The summed E-state index contributed by atoms with van der Waals surface area (Å²) in [6.07, 6.45) is 5.50. The van der Waals surface area contributed by atoms with E-state index in [1.54, 1.807) is 6.07 Å². The van der Waals surface area contributed by atoms with Gasteiger partial charge in [0.25, 0.3) is 0 Å². The molecule has 0 radical (unpaired) electrons. The highest BCUT2D eigenvalue weighted by Crippen LogP contribution is 2.35. The second-order valence-electron chi connectivity index (χ2n) is 7.56. The number of hydrogen-bond acceptors (Lipinski definition) is 5. The summed E-state index contributed by atoms with van der Waals surface area (Å²) in [4.78, 5) is 23.5. The number of piperidine rings is 1. The van der Waals surface area contributed by atoms with Crippen molar-refractivity contribution in [2.45, 2.75) is 50.7 Å². The van der Waals surface area contributed by atoms with E-state index >= 15 is 0 Å². The first-order chi connectivity index (χ1) is 13.9. The average Bonchev–Trinajstić information content (AvgIpc) is 3.33. The zero-order valence-electron chi connectivity index (χ0n) is 16.2. The summed E-state index contributed by atoms with van der Waals surface area (Å²) in [7, 11) is 0. The van der Waals surface area contributed by atoms with Gasteiger partial charge in [0.1, 0.15) is 11.9 Å². The molecule has 152 valence electrons. The minimum Gasteiger partial charge on any atom is -0.339 e. The van der Waals surface area contributed by atoms with E-state index in [2.05, 4.69) is 16.0 Å². The third-order valence-corrected chi connectivity index (χ3v) is 5.51. The molecule has 0 aromatic heterocycles. The second kappa shape index (κ2) is 8.97. The number of benzene rings is 1. The van der Waals surface area contributed by atoms with Crippen molar-refractivity contribution in [2.75, 3.05) is 0 Å². The number of halogens is 1. The van der Waals surface area contributed by atoms with E-state index in [0.717, 1.165) is 25.5 Å². The Morgan fingerprint density at radius 3 is 2.79 bits per heavy atom. The predicted molar refractivity (Wildman–Crippen MR) is 106 cm³/mol. The summed E-state index contributed by atoms with van der Waals surface area (Å²) in [5.41, 5.74) is 1.07. The molecule has 29 heavy (non-hydrogen) atoms. The second-order valence-corrected chi connectivity index (χ2v) is 7.56. The number of carbonyl (C=O) groups excluding carboxylic acids is 2. The maximum absolute atomic E-state index is 14.6. The van der Waals surface area contributed by atoms with Gasteiger partial charge in [0.15, 0.2) is 0 Å². The molecule has 4 N–H and O–H groups in total. The molecule has 2 amide bonds. The Morgan fingerprint density at radius 2 is 2.24 bits per heavy atom. The first-order valence-corrected chi connectivity index (χ1v) is 9.64. The van der Waals surface area contributed by atoms with Crippen molar-refractivity contribution in [1.29, 1.82) is 10.7 Å². The third kappa shape index (κ3) is 4.87. The highest BCUT2D eigenvalue weighted by molar-refractivity contribution is 6.08. The number of fused-ring (bicyclic) bond motifs is 2. The Labute approximate surface area is 168 Å². The number of hydrogen-bond donors (Lipinski definition) is 4. The summed E-state index contributed by atoms with van der Waals surface area (Å²) >= 11 is 0. The van der Waals surface area contributed by atoms with Crippen LogP contribution >= 0.6 is 0 Å². The van der Waals surface area contributed by atoms with Gasteiger partial charge in [0.2, 0.25) is 11.8 Å². The fourth-order valence-corrected chi connectivity index (χ4v) is 4.04. The molecular weight excluding hydrogens is 373 g/mol. The van der Waals surface area contributed by atoms with E-state index in [1.165, 1.54) is 25.3 Å². The molecule has 1 aliphatic carbocycles. The molecule has 1 saturated heterocycles. The first kappa shape index (κ1) is 20.7. The Morgan fingerprint density at radius 1 is 1.45 bits per heavy atom. The standard InChI is InChI=1S/C21H24FN5O2/c1-12(28)25-11-16(9-23)13-2-3-14(19(22)8-13)6-18(10-24)27-21(29)20-15-4-5-17(7-15)26-20/h2-3,8-9,11,15,17-18,20,23,26H,4-7H2,1H3,(H,25,28)(H,27,29)/b16-11+,23-9?/t15-,17+,18-,20-/m0/s1. The van der Waals surface area contributed by atoms with E-state index < -0.39 is 11.9 Å². The number of nitrogens with one attached hydrogen (secondary N) is 4. The van der Waals surface area contributed by atoms with E-state index in [0.29, 0.717) is 28.7 Å². The van der Waals surface area contributed by atoms with Gasteiger partial charge in [-0.1, -0.05) is 12.1 Å². The van der Waals surface area contributed by atoms with Crippen LogP contribution in [0, 0.1) is 28.5 Å². The number of amides is 2. The van der Waals surface area contributed by atoms with E-state index in [-0.39, 0.29) is 24.3 Å². The Bertz CT molecular complexity index is 892. The molecule has 4 atom stereocenters. The summed E-state index contributed by atoms with van der Waals surface area (Å²) in [5, 5.41) is 25.3. The van der Waals surface area contributed by atoms with E-state index in [4.69, 9.17) is 5.41 Å². The molecule has 1 aliphatic heterocycles. The van der Waals surface area contributed by atoms with Crippen LogP contribution in [-0.2, 0) is 16.0 Å². The Balaban J connectivity index is 1.66. The van der Waals surface area contributed by atoms with Crippen LogP contribution in [-0.4, -0.2) is 36.2 Å². The molecule has 1 saturated carbocycles. The molecule has 1 aromatic rings. The van der Waals surface area contributed by atoms with Gasteiger partial charge >= 0.3 is 0 Å². The van der Waals surface area contributed by atoms with Crippen LogP contribution in [0.25, 0.3) is 5.57 Å². The monoisotopic (exact) mass is 397 g/mol. The number of allylic oxidation sites excluding steroid dienone is 1. The smallest absolute Gasteiger partial charge is 0.238 e. The minimum atomic E-state index is -0.832. The predicted octanol–water partition coefficient (Wildman–Crippen LogP) is 1.64. The minimum absolute atomic E-state index is 0.0461. The van der Waals surface area contributed by atoms with Crippen molar-refractivity contribution in [1.82, 2.24) is 16.0 Å². The number of carbonyl (C=O) groups is 2. The Kier molecular flexibility index (Phi) is 6.39. The van der Waals surface area contributed by atoms with E-state index in [1.807, 2.05) is 6.07 Å². The average molecular weight is 397 g/mol. The molecule has 8 heteroatoms. The van der Waals surface area contributed by atoms with Gasteiger partial charge in [0, 0.05) is 37.4 Å². The summed E-state index contributed by atoms with van der Waals surface area (Å²) in [6, 6.07) is 5.71. The lowest BCUT2D eigenvalue weighted by molar-refractivity contribution is -0.124. The van der Waals surface area contributed by atoms with Gasteiger partial charge < -0.3 is 21.4 Å². The van der Waals surface area contributed by atoms with Crippen molar-refractivity contribution in [3.05, 3.63) is 41.3 Å². The summed E-state index contributed by atoms with van der Waals surface area (Å²) in [6.45, 7) is 1.34. The van der Waals surface area contributed by atoms with Gasteiger partial charge in [-0.3, -0.25) is 9.59 Å². The molecule has 1 heterocycles. The van der Waals surface area contributed by atoms with Crippen LogP contribution in [0.1, 0.15) is 37.3 Å². The van der Waals surface area contributed by atoms with Crippen LogP contribution in [0.5, 0.6) is 0 Å². The fraction of sp³-hybridized carbons (Fsp3) is 0.429. The third-order valence-electron chi connectivity index (χ3n) is 5.51. The van der Waals surface area contributed by atoms with Crippen LogP contribution in [0.15, 0.2) is 24.4 Å². The molecule has 7 nitrogen and oxygen atoms in total. The molecule has 0 spiro atoms. The molecule has 0 unspecified atom stereocenters. The highest BCUT2D eigenvalue weighted by Gasteiger charge is 2.43. The molecular formula is C21H24FN5O2. The summed E-state index contributed by atoms with van der Waals surface area (Å²) in [5.74, 6) is -0.722. The van der Waals surface area contributed by atoms with Crippen LogP contribution < -0.4 is 16.0 Å². The van der Waals surface area contributed by atoms with Crippen molar-refractivity contribution < 1.29 is 14.0 Å². The van der Waals surface area contributed by atoms with Crippen LogP contribution in [0.2, 0.25) is 0 Å². The number of nitrogens with zero attached hydrogens (tertiary/aromatic N) is 1. The zero-order chi connectivity index (χ0) is 21.0. The molecule has 2 fully saturated rings. The molecule has 1 aromatic carbocycles. The quantitative estimate of drug-likeness (QED) is 0.523. The van der Waals surface area contributed by atoms with Crippen molar-refractivity contribution in [2.24, 2.45) is 5.92 Å². The summed E-state index contributed by atoms with van der Waals surface area (Å²) < 4.78 is 14.6. The highest BCUT2D eigenvalue weighted by atomic mass is 19.1. The number of nitriles is 1. The Hall–Kier alpha value is -3.05. The topological polar surface area (TPSA) is 118 Å². The van der Waals surface area contributed by atoms with Crippen molar-refractivity contribution in [3.63, 3.8) is 0 Å². The largest absolute Gasteiger partial charge is 0.339 e. The lowest BCUT2D eigenvalue weighted by Gasteiger charge is -2.23. The van der Waals surface area contributed by atoms with E-state index in [9.17, 15) is 19.2 Å². The molecule has 2 bridgehead atoms. The van der Waals surface area contributed by atoms with Gasteiger partial charge in [-0.2, -0.15) is 5.26 Å². The van der Waals surface area contributed by atoms with Crippen LogP contribution in [0.3, 0.4) is 0 Å². The fourth-order valence-electron chi connectivity index (χ4n) is 4.04. The molecule has 3 rings (SSSR count). The molecule has 2 aliphatic rings. The van der Waals surface area contributed by atoms with Gasteiger partial charge in [-0.05, 0) is 42.4 Å². The normalized spacial score (nSPS) is 23.9. The first-order valence-electron chi connectivity index (χ1n) is 9.64. The van der Waals surface area contributed by atoms with Crippen molar-refractivity contribution >= 4 is 23.6 Å². The van der Waals surface area contributed by atoms with Gasteiger partial charge in [-0.25, -0.2) is 4.39 Å². The number of rotatable bonds is 7. The maximum Gasteiger partial charge on any atom is 0.238 e. The van der Waals surface area contributed by atoms with Crippen LogP contribution in [0.4, 0.5) is 4.39 Å². The zero-order valence-corrected chi connectivity index (χ0v) is 16.2. The van der Waals surface area contributed by atoms with Crippen molar-refractivity contribution in [3.8, 4) is 6.07 Å². The maximum atomic E-state index is 14.6.